The summed E-state index contributed by atoms with van der Waals surface area (Å²) in [6.45, 7) is 2.88. The molecule has 1 aliphatic rings. The van der Waals surface area contributed by atoms with Gasteiger partial charge in [0.25, 0.3) is 6.02 Å². The zero-order chi connectivity index (χ0) is 12.1. The number of amidine groups is 1. The molecule has 0 spiro atoms. The second kappa shape index (κ2) is 5.71. The lowest BCUT2D eigenvalue weighted by atomic mass is 9.91. The van der Waals surface area contributed by atoms with Crippen LogP contribution in [0.4, 0.5) is 0 Å². The lowest BCUT2D eigenvalue weighted by molar-refractivity contribution is 0.288. The number of ether oxygens (including phenoxy) is 1. The Balaban J connectivity index is 1.89. The zero-order valence-electron chi connectivity index (χ0n) is 10.3. The highest BCUT2D eigenvalue weighted by Crippen LogP contribution is 2.20. The summed E-state index contributed by atoms with van der Waals surface area (Å²) in [7, 11) is 0. The molecule has 1 aromatic carbocycles. The molecule has 0 saturated carbocycles. The normalized spacial score (nSPS) is 20.8. The van der Waals surface area contributed by atoms with E-state index in [9.17, 15) is 0 Å². The molecule has 17 heavy (non-hydrogen) atoms. The molecular weight excluding hydrogens is 212 g/mol. The summed E-state index contributed by atoms with van der Waals surface area (Å²) in [5.41, 5.74) is 6.92. The highest BCUT2D eigenvalue weighted by molar-refractivity contribution is 5.72. The second-order valence-corrected chi connectivity index (χ2v) is 4.63. The van der Waals surface area contributed by atoms with Gasteiger partial charge in [0, 0.05) is 0 Å². The summed E-state index contributed by atoms with van der Waals surface area (Å²) < 4.78 is 5.19. The van der Waals surface area contributed by atoms with Gasteiger partial charge in [-0.3, -0.25) is 0 Å². The number of benzene rings is 1. The highest BCUT2D eigenvalue weighted by atomic mass is 16.5. The van der Waals surface area contributed by atoms with Gasteiger partial charge >= 0.3 is 0 Å². The molecule has 0 amide bonds. The second-order valence-electron chi connectivity index (χ2n) is 4.63. The molecule has 1 aliphatic heterocycles. The molecule has 2 rings (SSSR count). The predicted octanol–water partition coefficient (Wildman–Crippen LogP) is 2.36. The van der Waals surface area contributed by atoms with Gasteiger partial charge in [0.15, 0.2) is 0 Å². The van der Waals surface area contributed by atoms with Gasteiger partial charge in [-0.05, 0) is 24.3 Å². The van der Waals surface area contributed by atoms with E-state index in [2.05, 4.69) is 42.2 Å². The van der Waals surface area contributed by atoms with E-state index in [1.54, 1.807) is 0 Å². The van der Waals surface area contributed by atoms with Gasteiger partial charge in [-0.25, -0.2) is 4.99 Å². The number of hydrogen-bond donors (Lipinski definition) is 1. The minimum absolute atomic E-state index is 0.253. The van der Waals surface area contributed by atoms with Gasteiger partial charge in [-0.2, -0.15) is 0 Å². The monoisotopic (exact) mass is 232 g/mol. The Bertz CT molecular complexity index is 375. The molecule has 0 aromatic heterocycles. The number of nitrogens with two attached hydrogens (primary N) is 1. The third-order valence-electron chi connectivity index (χ3n) is 3.28. The zero-order valence-corrected chi connectivity index (χ0v) is 10.3. The Labute approximate surface area is 103 Å². The fourth-order valence-electron chi connectivity index (χ4n) is 2.28. The van der Waals surface area contributed by atoms with Crippen molar-refractivity contribution in [3.63, 3.8) is 0 Å². The van der Waals surface area contributed by atoms with E-state index < -0.39 is 0 Å². The van der Waals surface area contributed by atoms with Crippen LogP contribution in [0.15, 0.2) is 35.3 Å². The smallest absolute Gasteiger partial charge is 0.282 e. The van der Waals surface area contributed by atoms with Gasteiger partial charge in [-0.15, -0.1) is 0 Å². The summed E-state index contributed by atoms with van der Waals surface area (Å²) in [5.74, 6) is 0.653. The molecule has 2 atom stereocenters. The van der Waals surface area contributed by atoms with Crippen molar-refractivity contribution >= 4 is 6.02 Å². The molecule has 0 fully saturated rings. The number of rotatable bonds is 5. The minimum atomic E-state index is 0.253. The average Bonchev–Trinajstić information content (AvgIpc) is 2.75. The molecule has 92 valence electrons. The number of aliphatic imine (C=N–C) groups is 1. The van der Waals surface area contributed by atoms with E-state index in [0.29, 0.717) is 18.5 Å². The molecule has 1 unspecified atom stereocenters. The first-order valence-electron chi connectivity index (χ1n) is 6.28. The summed E-state index contributed by atoms with van der Waals surface area (Å²) >= 11 is 0. The quantitative estimate of drug-likeness (QED) is 0.847. The van der Waals surface area contributed by atoms with Crippen LogP contribution in [0.2, 0.25) is 0 Å². The van der Waals surface area contributed by atoms with Crippen LogP contribution in [0.3, 0.4) is 0 Å². The van der Waals surface area contributed by atoms with Crippen LogP contribution in [-0.4, -0.2) is 18.7 Å². The maximum Gasteiger partial charge on any atom is 0.282 e. The molecule has 0 bridgehead atoms. The molecule has 0 saturated heterocycles. The standard InChI is InChI=1S/C14H20N2O/c1-2-11(8-12-6-4-3-5-7-12)9-13-10-17-14(15)16-13/h3-7,11,13H,2,8-10H2,1H3,(H2,15,16)/t11?,13-/m0/s1. The van der Waals surface area contributed by atoms with E-state index in [4.69, 9.17) is 10.5 Å². The van der Waals surface area contributed by atoms with Gasteiger partial charge in [0.2, 0.25) is 0 Å². The van der Waals surface area contributed by atoms with Crippen molar-refractivity contribution in [2.75, 3.05) is 6.61 Å². The predicted molar refractivity (Wildman–Crippen MR) is 69.9 cm³/mol. The van der Waals surface area contributed by atoms with Crippen molar-refractivity contribution in [2.45, 2.75) is 32.2 Å². The van der Waals surface area contributed by atoms with Gasteiger partial charge in [0.1, 0.15) is 6.61 Å². The maximum absolute atomic E-state index is 5.52. The van der Waals surface area contributed by atoms with Crippen LogP contribution in [-0.2, 0) is 11.2 Å². The average molecular weight is 232 g/mol. The van der Waals surface area contributed by atoms with Gasteiger partial charge in [0.05, 0.1) is 6.04 Å². The molecule has 3 nitrogen and oxygen atoms in total. The maximum atomic E-state index is 5.52. The van der Waals surface area contributed by atoms with Crippen LogP contribution in [0.1, 0.15) is 25.3 Å². The van der Waals surface area contributed by atoms with Crippen molar-refractivity contribution in [3.8, 4) is 0 Å². The van der Waals surface area contributed by atoms with Gasteiger partial charge in [-0.1, -0.05) is 43.7 Å². The topological polar surface area (TPSA) is 47.6 Å². The molecule has 0 aliphatic carbocycles. The largest absolute Gasteiger partial charge is 0.463 e. The number of nitrogens with zero attached hydrogens (tertiary/aromatic N) is 1. The Morgan fingerprint density at radius 1 is 1.41 bits per heavy atom. The van der Waals surface area contributed by atoms with Crippen LogP contribution in [0.25, 0.3) is 0 Å². The first-order valence-corrected chi connectivity index (χ1v) is 6.28. The Kier molecular flexibility index (Phi) is 4.02. The SMILES string of the molecule is CCC(Cc1ccccc1)C[C@H]1COC(N)=N1. The summed E-state index contributed by atoms with van der Waals surface area (Å²) in [6.07, 6.45) is 3.34. The molecule has 1 aromatic rings. The third-order valence-corrected chi connectivity index (χ3v) is 3.28. The molecular formula is C14H20N2O. The van der Waals surface area contributed by atoms with Crippen LogP contribution < -0.4 is 5.73 Å². The molecule has 1 heterocycles. The summed E-state index contributed by atoms with van der Waals surface area (Å²) in [4.78, 5) is 4.29. The highest BCUT2D eigenvalue weighted by Gasteiger charge is 2.20. The van der Waals surface area contributed by atoms with Crippen molar-refractivity contribution in [3.05, 3.63) is 35.9 Å². The lowest BCUT2D eigenvalue weighted by Gasteiger charge is -2.16. The van der Waals surface area contributed by atoms with Crippen LogP contribution in [0, 0.1) is 5.92 Å². The van der Waals surface area contributed by atoms with Crippen LogP contribution in [0.5, 0.6) is 0 Å². The lowest BCUT2D eigenvalue weighted by Crippen LogP contribution is -2.15. The van der Waals surface area contributed by atoms with E-state index >= 15 is 0 Å². The van der Waals surface area contributed by atoms with Crippen molar-refractivity contribution < 1.29 is 4.74 Å². The first kappa shape index (κ1) is 12.0. The molecule has 3 heteroatoms. The third kappa shape index (κ3) is 3.48. The van der Waals surface area contributed by atoms with E-state index in [0.717, 1.165) is 12.8 Å². The van der Waals surface area contributed by atoms with Gasteiger partial charge < -0.3 is 10.5 Å². The molecule has 0 radical (unpaired) electrons. The summed E-state index contributed by atoms with van der Waals surface area (Å²) in [5, 5.41) is 0. The van der Waals surface area contributed by atoms with Crippen molar-refractivity contribution in [1.82, 2.24) is 0 Å². The Morgan fingerprint density at radius 2 is 2.18 bits per heavy atom. The Morgan fingerprint density at radius 3 is 2.76 bits per heavy atom. The van der Waals surface area contributed by atoms with E-state index in [-0.39, 0.29) is 6.04 Å². The number of hydrogen-bond acceptors (Lipinski definition) is 3. The van der Waals surface area contributed by atoms with Crippen LogP contribution >= 0.6 is 0 Å². The summed E-state index contributed by atoms with van der Waals surface area (Å²) in [6, 6.07) is 11.2. The van der Waals surface area contributed by atoms with E-state index in [1.807, 2.05) is 0 Å². The van der Waals surface area contributed by atoms with Crippen molar-refractivity contribution in [2.24, 2.45) is 16.6 Å². The Hall–Kier alpha value is -1.51. The minimum Gasteiger partial charge on any atom is -0.463 e. The van der Waals surface area contributed by atoms with Crippen molar-refractivity contribution in [1.29, 1.82) is 0 Å². The molecule has 2 N–H and O–H groups in total. The fourth-order valence-corrected chi connectivity index (χ4v) is 2.28. The van der Waals surface area contributed by atoms with E-state index in [1.165, 1.54) is 12.0 Å². The fraction of sp³-hybridized carbons (Fsp3) is 0.500. The first-order chi connectivity index (χ1) is 8.28.